The summed E-state index contributed by atoms with van der Waals surface area (Å²) in [6.07, 6.45) is -5.91. The number of nitrogens with zero attached hydrogens (tertiary/aromatic N) is 2. The van der Waals surface area contributed by atoms with Gasteiger partial charge in [0.25, 0.3) is 0 Å². The van der Waals surface area contributed by atoms with Crippen LogP contribution in [0.15, 0.2) is 54.6 Å². The lowest BCUT2D eigenvalue weighted by molar-refractivity contribution is -0.278. The van der Waals surface area contributed by atoms with E-state index < -0.39 is 37.3 Å². The standard InChI is InChI=1S/C25H30N2O7/c1-15-19(13-17-9-7-16(8-10-17)11-12-28)24(26-27(15)18-5-3-2-4-6-18)34-25-23(32)22(31)21(30)20(14-29)33-25/h2-10,20-23,25,28-32H,11-14H2,1H3/t20-,21-,22+,23-,25+/m1/s1. The molecule has 34 heavy (non-hydrogen) atoms. The lowest BCUT2D eigenvalue weighted by Gasteiger charge is -2.39. The summed E-state index contributed by atoms with van der Waals surface area (Å²) in [6, 6.07) is 17.4. The minimum atomic E-state index is -1.55. The molecule has 0 amide bonds. The quantitative estimate of drug-likeness (QED) is 0.321. The van der Waals surface area contributed by atoms with Crippen LogP contribution in [0.3, 0.4) is 0 Å². The summed E-state index contributed by atoms with van der Waals surface area (Å²) < 4.78 is 13.2. The van der Waals surface area contributed by atoms with Crippen LogP contribution < -0.4 is 4.74 Å². The van der Waals surface area contributed by atoms with E-state index in [1.165, 1.54) is 0 Å². The van der Waals surface area contributed by atoms with Gasteiger partial charge in [-0.05, 0) is 36.6 Å². The number of hydrogen-bond acceptors (Lipinski definition) is 8. The van der Waals surface area contributed by atoms with Gasteiger partial charge >= 0.3 is 0 Å². The fourth-order valence-corrected chi connectivity index (χ4v) is 4.06. The zero-order valence-electron chi connectivity index (χ0n) is 18.9. The molecule has 0 aliphatic carbocycles. The van der Waals surface area contributed by atoms with Gasteiger partial charge in [-0.3, -0.25) is 0 Å². The summed E-state index contributed by atoms with van der Waals surface area (Å²) in [7, 11) is 0. The summed E-state index contributed by atoms with van der Waals surface area (Å²) in [5.74, 6) is 0.213. The number of aliphatic hydroxyl groups excluding tert-OH is 5. The Balaban J connectivity index is 1.67. The summed E-state index contributed by atoms with van der Waals surface area (Å²) in [6.45, 7) is 1.45. The molecule has 0 unspecified atom stereocenters. The average Bonchev–Trinajstić information content (AvgIpc) is 3.16. The highest BCUT2D eigenvalue weighted by molar-refractivity contribution is 5.42. The Kier molecular flexibility index (Phi) is 7.62. The predicted molar refractivity (Wildman–Crippen MR) is 123 cm³/mol. The molecule has 182 valence electrons. The van der Waals surface area contributed by atoms with Gasteiger partial charge in [-0.15, -0.1) is 5.10 Å². The van der Waals surface area contributed by atoms with Crippen molar-refractivity contribution in [3.8, 4) is 11.6 Å². The van der Waals surface area contributed by atoms with E-state index in [4.69, 9.17) is 14.6 Å². The first-order valence-electron chi connectivity index (χ1n) is 11.2. The molecular weight excluding hydrogens is 440 g/mol. The highest BCUT2D eigenvalue weighted by Gasteiger charge is 2.45. The van der Waals surface area contributed by atoms with E-state index in [-0.39, 0.29) is 12.5 Å². The number of aromatic nitrogens is 2. The lowest BCUT2D eigenvalue weighted by Crippen LogP contribution is -2.60. The van der Waals surface area contributed by atoms with Crippen molar-refractivity contribution in [3.05, 3.63) is 77.0 Å². The van der Waals surface area contributed by atoms with Crippen LogP contribution in [0.1, 0.15) is 22.4 Å². The average molecular weight is 471 g/mol. The monoisotopic (exact) mass is 470 g/mol. The first kappa shape index (κ1) is 24.3. The Bertz CT molecular complexity index is 1070. The van der Waals surface area contributed by atoms with Crippen molar-refractivity contribution in [2.45, 2.75) is 50.5 Å². The van der Waals surface area contributed by atoms with E-state index in [2.05, 4.69) is 5.10 Å². The third-order valence-electron chi connectivity index (χ3n) is 6.08. The molecule has 0 spiro atoms. The molecule has 0 bridgehead atoms. The van der Waals surface area contributed by atoms with E-state index >= 15 is 0 Å². The van der Waals surface area contributed by atoms with Crippen molar-refractivity contribution in [1.82, 2.24) is 9.78 Å². The van der Waals surface area contributed by atoms with Crippen LogP contribution in [0, 0.1) is 6.92 Å². The number of aliphatic hydroxyl groups is 5. The van der Waals surface area contributed by atoms with Crippen LogP contribution in [-0.4, -0.2) is 79.2 Å². The second-order valence-corrected chi connectivity index (χ2v) is 8.40. The Morgan fingerprint density at radius 2 is 1.59 bits per heavy atom. The van der Waals surface area contributed by atoms with Gasteiger partial charge in [0.2, 0.25) is 12.2 Å². The minimum absolute atomic E-state index is 0.0827. The van der Waals surface area contributed by atoms with E-state index in [0.29, 0.717) is 12.8 Å². The zero-order chi connectivity index (χ0) is 24.2. The summed E-state index contributed by atoms with van der Waals surface area (Å²) in [4.78, 5) is 0. The van der Waals surface area contributed by atoms with E-state index in [1.807, 2.05) is 61.5 Å². The number of hydrogen-bond donors (Lipinski definition) is 5. The van der Waals surface area contributed by atoms with Gasteiger partial charge in [-0.2, -0.15) is 0 Å². The molecule has 0 saturated carbocycles. The molecule has 5 N–H and O–H groups in total. The molecule has 2 heterocycles. The Morgan fingerprint density at radius 3 is 2.24 bits per heavy atom. The van der Waals surface area contributed by atoms with Gasteiger partial charge in [0.1, 0.15) is 24.4 Å². The van der Waals surface area contributed by atoms with Crippen LogP contribution in [-0.2, 0) is 17.6 Å². The first-order valence-corrected chi connectivity index (χ1v) is 11.2. The molecule has 9 nitrogen and oxygen atoms in total. The van der Waals surface area contributed by atoms with Crippen LogP contribution in [0.5, 0.6) is 5.88 Å². The summed E-state index contributed by atoms with van der Waals surface area (Å²) >= 11 is 0. The Hall–Kier alpha value is -2.79. The molecule has 1 aromatic heterocycles. The van der Waals surface area contributed by atoms with Crippen LogP contribution in [0.25, 0.3) is 5.69 Å². The fraction of sp³-hybridized carbons (Fsp3) is 0.400. The zero-order valence-corrected chi connectivity index (χ0v) is 18.9. The smallest absolute Gasteiger partial charge is 0.239 e. The van der Waals surface area contributed by atoms with Crippen molar-refractivity contribution in [2.75, 3.05) is 13.2 Å². The number of para-hydroxylation sites is 1. The first-order chi connectivity index (χ1) is 16.4. The summed E-state index contributed by atoms with van der Waals surface area (Å²) in [5.41, 5.74) is 4.43. The van der Waals surface area contributed by atoms with Crippen LogP contribution in [0.2, 0.25) is 0 Å². The van der Waals surface area contributed by atoms with E-state index in [9.17, 15) is 20.4 Å². The number of benzene rings is 2. The molecular formula is C25H30N2O7. The van der Waals surface area contributed by atoms with Gasteiger partial charge in [-0.1, -0.05) is 42.5 Å². The molecule has 9 heteroatoms. The highest BCUT2D eigenvalue weighted by Crippen LogP contribution is 2.30. The van der Waals surface area contributed by atoms with Crippen LogP contribution in [0.4, 0.5) is 0 Å². The van der Waals surface area contributed by atoms with Gasteiger partial charge in [0, 0.05) is 24.3 Å². The topological polar surface area (TPSA) is 137 Å². The van der Waals surface area contributed by atoms with Crippen molar-refractivity contribution in [2.24, 2.45) is 0 Å². The molecule has 1 aliphatic heterocycles. The minimum Gasteiger partial charge on any atom is -0.443 e. The van der Waals surface area contributed by atoms with Crippen molar-refractivity contribution >= 4 is 0 Å². The van der Waals surface area contributed by atoms with E-state index in [0.717, 1.165) is 28.1 Å². The maximum absolute atomic E-state index is 10.4. The molecule has 4 rings (SSSR count). The molecule has 2 aromatic carbocycles. The largest absolute Gasteiger partial charge is 0.443 e. The van der Waals surface area contributed by atoms with Crippen molar-refractivity contribution in [3.63, 3.8) is 0 Å². The fourth-order valence-electron chi connectivity index (χ4n) is 4.06. The summed E-state index contributed by atoms with van der Waals surface area (Å²) in [5, 5.41) is 53.9. The predicted octanol–water partition coefficient (Wildman–Crippen LogP) is 0.485. The SMILES string of the molecule is Cc1c(Cc2ccc(CCO)cc2)c(O[C@@H]2O[C@H](CO)[C@@H](O)[C@H](O)[C@H]2O)nn1-c1ccccc1. The second kappa shape index (κ2) is 10.6. The Morgan fingerprint density at radius 1 is 0.912 bits per heavy atom. The van der Waals surface area contributed by atoms with Gasteiger partial charge in [0.05, 0.1) is 12.3 Å². The number of rotatable bonds is 8. The third-order valence-corrected chi connectivity index (χ3v) is 6.08. The van der Waals surface area contributed by atoms with E-state index in [1.54, 1.807) is 4.68 Å². The number of ether oxygens (including phenoxy) is 2. The van der Waals surface area contributed by atoms with Crippen molar-refractivity contribution < 1.29 is 35.0 Å². The second-order valence-electron chi connectivity index (χ2n) is 8.40. The van der Waals surface area contributed by atoms with Gasteiger partial charge in [0.15, 0.2) is 0 Å². The van der Waals surface area contributed by atoms with Crippen LogP contribution >= 0.6 is 0 Å². The maximum atomic E-state index is 10.4. The van der Waals surface area contributed by atoms with Gasteiger partial charge in [-0.25, -0.2) is 4.68 Å². The normalized spacial score (nSPS) is 24.8. The molecule has 1 fully saturated rings. The molecule has 1 aliphatic rings. The highest BCUT2D eigenvalue weighted by atomic mass is 16.7. The maximum Gasteiger partial charge on any atom is 0.239 e. The lowest BCUT2D eigenvalue weighted by atomic mass is 9.99. The molecule has 5 atom stereocenters. The molecule has 1 saturated heterocycles. The van der Waals surface area contributed by atoms with Crippen molar-refractivity contribution in [1.29, 1.82) is 0 Å². The van der Waals surface area contributed by atoms with Gasteiger partial charge < -0.3 is 35.0 Å². The molecule has 3 aromatic rings. The molecule has 0 radical (unpaired) electrons. The third kappa shape index (κ3) is 5.00. The Labute approximate surface area is 197 Å².